The van der Waals surface area contributed by atoms with Crippen LogP contribution in [0.4, 0.5) is 0 Å². The number of aryl methyl sites for hydroxylation is 2. The number of likely N-dealkylation sites (tertiary alicyclic amines) is 2. The van der Waals surface area contributed by atoms with Crippen LogP contribution in [0.3, 0.4) is 0 Å². The van der Waals surface area contributed by atoms with Gasteiger partial charge in [-0.15, -0.1) is 0 Å². The zero-order valence-electron chi connectivity index (χ0n) is 20.4. The van der Waals surface area contributed by atoms with Crippen LogP contribution in [0.1, 0.15) is 48.3 Å². The highest BCUT2D eigenvalue weighted by Gasteiger charge is 2.25. The highest BCUT2D eigenvalue weighted by atomic mass is 35.5. The second-order valence-corrected chi connectivity index (χ2v) is 10.0. The van der Waals surface area contributed by atoms with Crippen LogP contribution < -0.4 is 10.5 Å². The van der Waals surface area contributed by atoms with Gasteiger partial charge in [0.25, 0.3) is 0 Å². The summed E-state index contributed by atoms with van der Waals surface area (Å²) in [6.45, 7) is 9.77. The molecule has 2 aliphatic heterocycles. The minimum Gasteiger partial charge on any atom is -0.492 e. The van der Waals surface area contributed by atoms with Gasteiger partial charge in [0, 0.05) is 29.7 Å². The van der Waals surface area contributed by atoms with E-state index in [1.807, 2.05) is 35.2 Å². The van der Waals surface area contributed by atoms with Gasteiger partial charge in [0.1, 0.15) is 12.4 Å². The van der Waals surface area contributed by atoms with Crippen LogP contribution in [0.15, 0.2) is 36.4 Å². The van der Waals surface area contributed by atoms with Gasteiger partial charge in [0.05, 0.1) is 6.54 Å². The molecule has 1 amide bonds. The van der Waals surface area contributed by atoms with Gasteiger partial charge in [0.2, 0.25) is 5.91 Å². The van der Waals surface area contributed by atoms with Gasteiger partial charge in [-0.25, -0.2) is 0 Å². The number of benzene rings is 2. The monoisotopic (exact) mass is 505 g/mol. The molecule has 0 atom stereocenters. The van der Waals surface area contributed by atoms with Crippen LogP contribution in [-0.4, -0.2) is 61.6 Å². The SMILES string of the molecule is Cc1ccc(Cl)cc1C.NCC(=O)N1CCC(c2ccc(Cl)cc2OCCN2CCCC2)CC1. The Hall–Kier alpha value is -1.79. The maximum Gasteiger partial charge on any atom is 0.236 e. The predicted molar refractivity (Wildman–Crippen MR) is 141 cm³/mol. The van der Waals surface area contributed by atoms with E-state index >= 15 is 0 Å². The molecule has 2 fully saturated rings. The number of hydrogen-bond acceptors (Lipinski definition) is 4. The summed E-state index contributed by atoms with van der Waals surface area (Å²) in [4.78, 5) is 16.0. The maximum absolute atomic E-state index is 11.7. The summed E-state index contributed by atoms with van der Waals surface area (Å²) >= 11 is 11.9. The Labute approximate surface area is 214 Å². The van der Waals surface area contributed by atoms with E-state index in [1.54, 1.807) is 0 Å². The molecule has 0 aliphatic carbocycles. The number of carbonyl (C=O) groups excluding carboxylic acids is 1. The van der Waals surface area contributed by atoms with Crippen molar-refractivity contribution in [1.82, 2.24) is 9.80 Å². The molecule has 0 spiro atoms. The smallest absolute Gasteiger partial charge is 0.236 e. The van der Waals surface area contributed by atoms with Crippen LogP contribution in [0.25, 0.3) is 0 Å². The Morgan fingerprint density at radius 1 is 0.971 bits per heavy atom. The second kappa shape index (κ2) is 13.3. The van der Waals surface area contributed by atoms with Crippen molar-refractivity contribution in [3.05, 3.63) is 63.1 Å². The number of piperidine rings is 1. The quantitative estimate of drug-likeness (QED) is 0.567. The molecule has 0 unspecified atom stereocenters. The molecule has 0 saturated carbocycles. The lowest BCUT2D eigenvalue weighted by Crippen LogP contribution is -2.41. The van der Waals surface area contributed by atoms with Crippen molar-refractivity contribution >= 4 is 29.1 Å². The lowest BCUT2D eigenvalue weighted by Gasteiger charge is -2.32. The zero-order chi connectivity index (χ0) is 24.5. The maximum atomic E-state index is 11.7. The number of carbonyl (C=O) groups is 1. The van der Waals surface area contributed by atoms with E-state index in [0.717, 1.165) is 43.2 Å². The van der Waals surface area contributed by atoms with Gasteiger partial charge < -0.3 is 15.4 Å². The van der Waals surface area contributed by atoms with E-state index in [1.165, 1.54) is 42.6 Å². The Balaban J connectivity index is 0.000000302. The van der Waals surface area contributed by atoms with E-state index < -0.39 is 0 Å². The summed E-state index contributed by atoms with van der Waals surface area (Å²) in [5.41, 5.74) is 9.22. The third-order valence-electron chi connectivity index (χ3n) is 6.77. The van der Waals surface area contributed by atoms with Gasteiger partial charge in [-0.3, -0.25) is 9.69 Å². The largest absolute Gasteiger partial charge is 0.492 e. The normalized spacial score (nSPS) is 16.8. The third-order valence-corrected chi connectivity index (χ3v) is 7.24. The molecule has 186 valence electrons. The average Bonchev–Trinajstić information content (AvgIpc) is 3.35. The summed E-state index contributed by atoms with van der Waals surface area (Å²) in [5.74, 6) is 1.34. The predicted octanol–water partition coefficient (Wildman–Crippen LogP) is 5.44. The number of rotatable bonds is 6. The van der Waals surface area contributed by atoms with Crippen molar-refractivity contribution in [1.29, 1.82) is 0 Å². The molecule has 4 rings (SSSR count). The molecule has 2 aromatic carbocycles. The van der Waals surface area contributed by atoms with Gasteiger partial charge in [-0.1, -0.05) is 35.3 Å². The van der Waals surface area contributed by atoms with E-state index in [4.69, 9.17) is 33.7 Å². The summed E-state index contributed by atoms with van der Waals surface area (Å²) in [7, 11) is 0. The number of amides is 1. The number of nitrogens with two attached hydrogens (primary N) is 1. The van der Waals surface area contributed by atoms with Gasteiger partial charge in [0.15, 0.2) is 0 Å². The Kier molecular flexibility index (Phi) is 10.5. The van der Waals surface area contributed by atoms with Gasteiger partial charge in [-0.05, 0) is 99.5 Å². The lowest BCUT2D eigenvalue weighted by atomic mass is 9.88. The Morgan fingerprint density at radius 3 is 2.24 bits per heavy atom. The molecule has 2 aromatic rings. The van der Waals surface area contributed by atoms with Gasteiger partial charge >= 0.3 is 0 Å². The van der Waals surface area contributed by atoms with Crippen LogP contribution >= 0.6 is 23.2 Å². The minimum atomic E-state index is 0.0386. The fraction of sp³-hybridized carbons (Fsp3) is 0.519. The van der Waals surface area contributed by atoms with Crippen LogP contribution in [0, 0.1) is 13.8 Å². The van der Waals surface area contributed by atoms with Crippen LogP contribution in [0.2, 0.25) is 10.0 Å². The summed E-state index contributed by atoms with van der Waals surface area (Å²) in [6, 6.07) is 11.8. The molecule has 0 radical (unpaired) electrons. The van der Waals surface area contributed by atoms with E-state index in [-0.39, 0.29) is 12.5 Å². The molecule has 2 N–H and O–H groups in total. The van der Waals surface area contributed by atoms with Crippen molar-refractivity contribution in [2.75, 3.05) is 45.9 Å². The highest BCUT2D eigenvalue weighted by molar-refractivity contribution is 6.31. The first-order valence-electron chi connectivity index (χ1n) is 12.2. The molecule has 2 saturated heterocycles. The zero-order valence-corrected chi connectivity index (χ0v) is 21.9. The first kappa shape index (κ1) is 26.8. The molecule has 2 aliphatic rings. The molecule has 0 bridgehead atoms. The molecular weight excluding hydrogens is 469 g/mol. The fourth-order valence-corrected chi connectivity index (χ4v) is 4.92. The first-order chi connectivity index (χ1) is 16.4. The van der Waals surface area contributed by atoms with E-state index in [9.17, 15) is 4.79 Å². The second-order valence-electron chi connectivity index (χ2n) is 9.17. The van der Waals surface area contributed by atoms with E-state index in [0.29, 0.717) is 17.5 Å². The number of nitrogens with zero attached hydrogens (tertiary/aromatic N) is 2. The Morgan fingerprint density at radius 2 is 1.62 bits per heavy atom. The molecule has 2 heterocycles. The molecule has 0 aromatic heterocycles. The van der Waals surface area contributed by atoms with Crippen LogP contribution in [-0.2, 0) is 4.79 Å². The summed E-state index contributed by atoms with van der Waals surface area (Å²) in [6.07, 6.45) is 4.47. The van der Waals surface area contributed by atoms with Gasteiger partial charge in [-0.2, -0.15) is 0 Å². The summed E-state index contributed by atoms with van der Waals surface area (Å²) in [5, 5.41) is 1.52. The minimum absolute atomic E-state index is 0.0386. The van der Waals surface area contributed by atoms with E-state index in [2.05, 4.69) is 24.8 Å². The standard InChI is InChI=1S/C19H28ClN3O2.C8H9Cl/c20-16-3-4-17(15-5-9-23(10-6-15)19(24)14-21)18(13-16)25-12-11-22-7-1-2-8-22;1-6-3-4-8(9)5-7(6)2/h3-4,13,15H,1-2,5-12,14,21H2;3-5H,1-2H3. The Bertz CT molecular complexity index is 939. The number of hydrogen-bond donors (Lipinski definition) is 1. The van der Waals surface area contributed by atoms with Crippen molar-refractivity contribution in [3.8, 4) is 5.75 Å². The lowest BCUT2D eigenvalue weighted by molar-refractivity contribution is -0.130. The van der Waals surface area contributed by atoms with Crippen molar-refractivity contribution in [2.45, 2.75) is 45.4 Å². The number of halogens is 2. The van der Waals surface area contributed by atoms with Crippen molar-refractivity contribution in [2.24, 2.45) is 5.73 Å². The number of ether oxygens (including phenoxy) is 1. The third kappa shape index (κ3) is 7.88. The molecular formula is C27H37Cl2N3O2. The van der Waals surface area contributed by atoms with Crippen LogP contribution in [0.5, 0.6) is 5.75 Å². The molecule has 34 heavy (non-hydrogen) atoms. The van der Waals surface area contributed by atoms with Crippen molar-refractivity contribution in [3.63, 3.8) is 0 Å². The molecule has 7 heteroatoms. The summed E-state index contributed by atoms with van der Waals surface area (Å²) < 4.78 is 6.10. The fourth-order valence-electron chi connectivity index (χ4n) is 4.54. The topological polar surface area (TPSA) is 58.8 Å². The average molecular weight is 507 g/mol. The van der Waals surface area contributed by atoms with Crippen molar-refractivity contribution < 1.29 is 9.53 Å². The first-order valence-corrected chi connectivity index (χ1v) is 13.0. The highest BCUT2D eigenvalue weighted by Crippen LogP contribution is 2.36. The molecule has 5 nitrogen and oxygen atoms in total.